The molecule has 1 saturated heterocycles. The third-order valence-electron chi connectivity index (χ3n) is 6.09. The molecule has 1 aliphatic heterocycles. The first-order valence-corrected chi connectivity index (χ1v) is 12.4. The number of aromatic nitrogens is 4. The van der Waals surface area contributed by atoms with Crippen molar-refractivity contribution in [2.24, 2.45) is 0 Å². The van der Waals surface area contributed by atoms with Gasteiger partial charge in [-0.15, -0.1) is 10.2 Å². The fourth-order valence-corrected chi connectivity index (χ4v) is 4.86. The summed E-state index contributed by atoms with van der Waals surface area (Å²) in [6.07, 6.45) is 0. The SMILES string of the molecule is CCn1c(SCC(=O)Nc2c(C#N)c(C)c(C)n2Cc2ccc(F)cc2)nnc1N1CCOCC1. The Morgan fingerprint density at radius 2 is 1.91 bits per heavy atom. The number of carbonyl (C=O) groups excluding carboxylic acids is 1. The molecule has 184 valence electrons. The Kier molecular flexibility index (Phi) is 7.73. The molecule has 1 fully saturated rings. The molecule has 35 heavy (non-hydrogen) atoms. The van der Waals surface area contributed by atoms with Crippen LogP contribution in [0.1, 0.15) is 29.3 Å². The molecule has 9 nitrogen and oxygen atoms in total. The van der Waals surface area contributed by atoms with Gasteiger partial charge in [-0.05, 0) is 44.0 Å². The van der Waals surface area contributed by atoms with E-state index in [1.54, 1.807) is 12.1 Å². The zero-order chi connectivity index (χ0) is 24.9. The third kappa shape index (κ3) is 5.33. The molecule has 0 saturated carbocycles. The van der Waals surface area contributed by atoms with E-state index in [0.717, 1.165) is 35.9 Å². The maximum Gasteiger partial charge on any atom is 0.235 e. The van der Waals surface area contributed by atoms with Gasteiger partial charge in [0.2, 0.25) is 11.9 Å². The maximum atomic E-state index is 13.3. The zero-order valence-corrected chi connectivity index (χ0v) is 20.9. The lowest BCUT2D eigenvalue weighted by Crippen LogP contribution is -2.38. The average Bonchev–Trinajstić information content (AvgIpc) is 3.38. The molecular weight excluding hydrogens is 469 g/mol. The average molecular weight is 498 g/mol. The standard InChI is InChI=1S/C24H28FN7O2S/c1-4-31-23(30-9-11-34-12-10-30)28-29-24(31)35-15-21(33)27-22-20(13-26)16(2)17(3)32(22)14-18-5-7-19(25)8-6-18/h5-8H,4,9-12,14-15H2,1-3H3,(H,27,33). The van der Waals surface area contributed by atoms with Crippen LogP contribution >= 0.6 is 11.8 Å². The van der Waals surface area contributed by atoms with Gasteiger partial charge in [0, 0.05) is 31.9 Å². The first-order valence-electron chi connectivity index (χ1n) is 11.5. The molecule has 0 bridgehead atoms. The third-order valence-corrected chi connectivity index (χ3v) is 7.06. The summed E-state index contributed by atoms with van der Waals surface area (Å²) in [5.41, 5.74) is 2.97. The van der Waals surface area contributed by atoms with Crippen LogP contribution in [0.5, 0.6) is 0 Å². The van der Waals surface area contributed by atoms with Crippen molar-refractivity contribution in [3.05, 3.63) is 52.5 Å². The smallest absolute Gasteiger partial charge is 0.235 e. The quantitative estimate of drug-likeness (QED) is 0.476. The highest BCUT2D eigenvalue weighted by Gasteiger charge is 2.22. The molecule has 0 atom stereocenters. The highest BCUT2D eigenvalue weighted by molar-refractivity contribution is 7.99. The van der Waals surface area contributed by atoms with Crippen LogP contribution in [0.2, 0.25) is 0 Å². The van der Waals surface area contributed by atoms with Gasteiger partial charge in [0.1, 0.15) is 17.7 Å². The van der Waals surface area contributed by atoms with Crippen LogP contribution in [0, 0.1) is 31.0 Å². The van der Waals surface area contributed by atoms with Crippen molar-refractivity contribution in [3.8, 4) is 6.07 Å². The van der Waals surface area contributed by atoms with Crippen LogP contribution in [0.4, 0.5) is 16.2 Å². The van der Waals surface area contributed by atoms with E-state index in [-0.39, 0.29) is 17.5 Å². The lowest BCUT2D eigenvalue weighted by atomic mass is 10.2. The van der Waals surface area contributed by atoms with Crippen LogP contribution in [-0.2, 0) is 22.6 Å². The van der Waals surface area contributed by atoms with E-state index in [9.17, 15) is 14.4 Å². The number of carbonyl (C=O) groups is 1. The molecule has 4 rings (SSSR count). The topological polar surface area (TPSA) is 101 Å². The van der Waals surface area contributed by atoms with Gasteiger partial charge in [-0.3, -0.25) is 9.36 Å². The second kappa shape index (κ2) is 10.9. The minimum Gasteiger partial charge on any atom is -0.378 e. The second-order valence-electron chi connectivity index (χ2n) is 8.22. The molecule has 1 N–H and O–H groups in total. The summed E-state index contributed by atoms with van der Waals surface area (Å²) in [7, 11) is 0. The maximum absolute atomic E-state index is 13.3. The van der Waals surface area contributed by atoms with Crippen molar-refractivity contribution in [1.29, 1.82) is 5.26 Å². The number of amides is 1. The molecule has 2 aromatic heterocycles. The summed E-state index contributed by atoms with van der Waals surface area (Å²) in [5, 5.41) is 22.0. The number of benzene rings is 1. The minimum atomic E-state index is -0.311. The number of halogens is 1. The largest absolute Gasteiger partial charge is 0.378 e. The van der Waals surface area contributed by atoms with Crippen LogP contribution < -0.4 is 10.2 Å². The molecule has 1 aliphatic rings. The summed E-state index contributed by atoms with van der Waals surface area (Å²) in [6, 6.07) is 8.40. The molecule has 0 radical (unpaired) electrons. The Morgan fingerprint density at radius 1 is 1.20 bits per heavy atom. The van der Waals surface area contributed by atoms with Gasteiger partial charge in [0.25, 0.3) is 0 Å². The second-order valence-corrected chi connectivity index (χ2v) is 9.16. The van der Waals surface area contributed by atoms with Gasteiger partial charge in [-0.2, -0.15) is 5.26 Å². The molecule has 3 heterocycles. The summed E-state index contributed by atoms with van der Waals surface area (Å²) in [5.74, 6) is 0.789. The Balaban J connectivity index is 1.49. The molecule has 1 amide bonds. The number of nitrogens with zero attached hydrogens (tertiary/aromatic N) is 6. The van der Waals surface area contributed by atoms with Crippen molar-refractivity contribution in [3.63, 3.8) is 0 Å². The van der Waals surface area contributed by atoms with Gasteiger partial charge >= 0.3 is 0 Å². The fraction of sp³-hybridized carbons (Fsp3) is 0.417. The Morgan fingerprint density at radius 3 is 2.57 bits per heavy atom. The molecular formula is C24H28FN7O2S. The van der Waals surface area contributed by atoms with Crippen LogP contribution in [0.25, 0.3) is 0 Å². The zero-order valence-electron chi connectivity index (χ0n) is 20.0. The molecule has 0 unspecified atom stereocenters. The van der Waals surface area contributed by atoms with Crippen molar-refractivity contribution in [1.82, 2.24) is 19.3 Å². The number of rotatable bonds is 8. The predicted molar refractivity (Wildman–Crippen MR) is 132 cm³/mol. The van der Waals surface area contributed by atoms with Crippen molar-refractivity contribution in [2.75, 3.05) is 42.3 Å². The summed E-state index contributed by atoms with van der Waals surface area (Å²) < 4.78 is 22.6. The number of ether oxygens (including phenoxy) is 1. The van der Waals surface area contributed by atoms with Crippen molar-refractivity contribution in [2.45, 2.75) is 39.0 Å². The molecule has 0 aliphatic carbocycles. The van der Waals surface area contributed by atoms with Gasteiger partial charge in [-0.25, -0.2) is 4.39 Å². The highest BCUT2D eigenvalue weighted by Crippen LogP contribution is 2.28. The number of nitrogens with one attached hydrogen (secondary N) is 1. The Hall–Kier alpha value is -3.36. The van der Waals surface area contributed by atoms with E-state index in [0.29, 0.717) is 42.8 Å². The lowest BCUT2D eigenvalue weighted by molar-refractivity contribution is -0.113. The molecule has 11 heteroatoms. The number of nitriles is 1. The van der Waals surface area contributed by atoms with E-state index >= 15 is 0 Å². The summed E-state index contributed by atoms with van der Waals surface area (Å²) >= 11 is 1.31. The predicted octanol–water partition coefficient (Wildman–Crippen LogP) is 3.34. The van der Waals surface area contributed by atoms with Crippen LogP contribution in [0.15, 0.2) is 29.4 Å². The van der Waals surface area contributed by atoms with Crippen molar-refractivity contribution < 1.29 is 13.9 Å². The molecule has 3 aromatic rings. The van der Waals surface area contributed by atoms with Crippen LogP contribution in [-0.4, -0.2) is 57.3 Å². The van der Waals surface area contributed by atoms with Crippen molar-refractivity contribution >= 4 is 29.4 Å². The fourth-order valence-electron chi connectivity index (χ4n) is 4.06. The van der Waals surface area contributed by atoms with E-state index < -0.39 is 0 Å². The van der Waals surface area contributed by atoms with Gasteiger partial charge in [-0.1, -0.05) is 23.9 Å². The molecule has 1 aromatic carbocycles. The summed E-state index contributed by atoms with van der Waals surface area (Å²) in [4.78, 5) is 15.1. The first-order chi connectivity index (χ1) is 16.9. The molecule has 0 spiro atoms. The Labute approximate surface area is 207 Å². The normalized spacial score (nSPS) is 13.6. The van der Waals surface area contributed by atoms with Gasteiger partial charge in [0.05, 0.1) is 24.5 Å². The number of morpholine rings is 1. The number of thioether (sulfide) groups is 1. The Bertz CT molecular complexity index is 1240. The number of hydrogen-bond donors (Lipinski definition) is 1. The number of hydrogen-bond acceptors (Lipinski definition) is 7. The van der Waals surface area contributed by atoms with Crippen LogP contribution in [0.3, 0.4) is 0 Å². The lowest BCUT2D eigenvalue weighted by Gasteiger charge is -2.27. The van der Waals surface area contributed by atoms with E-state index in [1.165, 1.54) is 23.9 Å². The van der Waals surface area contributed by atoms with E-state index in [4.69, 9.17) is 4.74 Å². The highest BCUT2D eigenvalue weighted by atomic mass is 32.2. The van der Waals surface area contributed by atoms with E-state index in [2.05, 4.69) is 26.5 Å². The number of anilines is 2. The first kappa shape index (κ1) is 24.8. The van der Waals surface area contributed by atoms with E-state index in [1.807, 2.05) is 29.9 Å². The van der Waals surface area contributed by atoms with Gasteiger partial charge < -0.3 is 19.5 Å². The van der Waals surface area contributed by atoms with Gasteiger partial charge in [0.15, 0.2) is 5.16 Å². The summed E-state index contributed by atoms with van der Waals surface area (Å²) in [6.45, 7) is 9.68. The monoisotopic (exact) mass is 497 g/mol. The minimum absolute atomic E-state index is 0.117.